The van der Waals surface area contributed by atoms with E-state index in [0.717, 1.165) is 37.6 Å². The second-order valence-corrected chi connectivity index (χ2v) is 8.28. The first kappa shape index (κ1) is 15.7. The van der Waals surface area contributed by atoms with Gasteiger partial charge in [-0.2, -0.15) is 0 Å². The number of anilines is 1. The quantitative estimate of drug-likeness (QED) is 0.419. The fourth-order valence-corrected chi connectivity index (χ4v) is 5.73. The Hall–Kier alpha value is -1.81. The zero-order valence-corrected chi connectivity index (χ0v) is 15.8. The average molecular weight is 385 g/mol. The average Bonchev–Trinajstić information content (AvgIpc) is 2.99. The van der Waals surface area contributed by atoms with Gasteiger partial charge in [-0.15, -0.1) is 0 Å². The monoisotopic (exact) mass is 386 g/mol. The molecule has 3 aromatic rings. The molecule has 0 spiro atoms. The van der Waals surface area contributed by atoms with E-state index in [1.54, 1.807) is 0 Å². The van der Waals surface area contributed by atoms with Crippen LogP contribution < -0.4 is 14.7 Å². The molecule has 1 aliphatic rings. The molecule has 0 atom stereocenters. The summed E-state index contributed by atoms with van der Waals surface area (Å²) in [6.07, 6.45) is 0. The Labute approximate surface area is 148 Å². The van der Waals surface area contributed by atoms with Gasteiger partial charge in [0, 0.05) is 0 Å². The van der Waals surface area contributed by atoms with Gasteiger partial charge in [0.2, 0.25) is 0 Å². The maximum atomic E-state index is 6.30. The van der Waals surface area contributed by atoms with Crippen LogP contribution >= 0.6 is 0 Å². The van der Waals surface area contributed by atoms with Crippen molar-refractivity contribution in [2.45, 2.75) is 20.4 Å². The SMILES string of the molecule is CCN(CC)CCn1nc2c3c(c(N)ccc31)[Se]c1ccccc1-2. The number of hydrogen-bond donors (Lipinski definition) is 1. The Morgan fingerprint density at radius 1 is 1.12 bits per heavy atom. The molecule has 0 saturated carbocycles. The van der Waals surface area contributed by atoms with Gasteiger partial charge < -0.3 is 0 Å². The van der Waals surface area contributed by atoms with E-state index in [0.29, 0.717) is 0 Å². The molecule has 24 heavy (non-hydrogen) atoms. The predicted octanol–water partition coefficient (Wildman–Crippen LogP) is 1.60. The van der Waals surface area contributed by atoms with Crippen molar-refractivity contribution in [2.75, 3.05) is 25.4 Å². The van der Waals surface area contributed by atoms with Crippen LogP contribution in [0.25, 0.3) is 22.2 Å². The van der Waals surface area contributed by atoms with Crippen LogP contribution in [0.4, 0.5) is 5.69 Å². The molecule has 4 nitrogen and oxygen atoms in total. The molecule has 5 heteroatoms. The molecule has 124 valence electrons. The summed E-state index contributed by atoms with van der Waals surface area (Å²) in [7, 11) is 0. The van der Waals surface area contributed by atoms with Gasteiger partial charge in [-0.1, -0.05) is 0 Å². The fourth-order valence-electron chi connectivity index (χ4n) is 3.36. The van der Waals surface area contributed by atoms with E-state index < -0.39 is 0 Å². The van der Waals surface area contributed by atoms with E-state index in [9.17, 15) is 0 Å². The number of nitrogens with zero attached hydrogens (tertiary/aromatic N) is 3. The topological polar surface area (TPSA) is 47.1 Å². The van der Waals surface area contributed by atoms with Crippen molar-refractivity contribution in [3.63, 3.8) is 0 Å². The van der Waals surface area contributed by atoms with Crippen molar-refractivity contribution >= 4 is 40.5 Å². The van der Waals surface area contributed by atoms with E-state index >= 15 is 0 Å². The van der Waals surface area contributed by atoms with Crippen LogP contribution in [0.5, 0.6) is 0 Å². The van der Waals surface area contributed by atoms with Gasteiger partial charge in [-0.05, 0) is 0 Å². The first-order valence-electron chi connectivity index (χ1n) is 8.51. The van der Waals surface area contributed by atoms with E-state index in [1.165, 1.54) is 25.4 Å². The molecule has 0 bridgehead atoms. The Bertz CT molecular complexity index is 896. The summed E-state index contributed by atoms with van der Waals surface area (Å²) in [4.78, 5) is 2.43. The molecule has 0 unspecified atom stereocenters. The maximum absolute atomic E-state index is 6.30. The summed E-state index contributed by atoms with van der Waals surface area (Å²) in [5.41, 5.74) is 10.8. The van der Waals surface area contributed by atoms with Crippen LogP contribution in [0.15, 0.2) is 36.4 Å². The first-order chi connectivity index (χ1) is 11.7. The Morgan fingerprint density at radius 3 is 2.71 bits per heavy atom. The van der Waals surface area contributed by atoms with Crippen molar-refractivity contribution in [2.24, 2.45) is 0 Å². The van der Waals surface area contributed by atoms with E-state index in [4.69, 9.17) is 10.8 Å². The van der Waals surface area contributed by atoms with E-state index in [2.05, 4.69) is 53.8 Å². The molecule has 4 rings (SSSR count). The molecule has 1 aromatic heterocycles. The van der Waals surface area contributed by atoms with E-state index in [-0.39, 0.29) is 15.0 Å². The molecular formula is C19H22N4Se. The standard InChI is InChI=1S/C19H22N4Se/c1-3-22(4-2)11-12-23-15-10-9-14(20)19-17(15)18(21-23)13-7-5-6-8-16(13)24-19/h5-10H,3-4,11-12,20H2,1-2H3. The molecular weight excluding hydrogens is 363 g/mol. The normalized spacial score (nSPS) is 12.8. The number of rotatable bonds is 5. The van der Waals surface area contributed by atoms with Gasteiger partial charge in [-0.3, -0.25) is 0 Å². The van der Waals surface area contributed by atoms with Crippen LogP contribution in [-0.4, -0.2) is 49.3 Å². The number of nitrogens with two attached hydrogens (primary N) is 1. The minimum absolute atomic E-state index is 0.250. The molecule has 1 aliphatic heterocycles. The fraction of sp³-hybridized carbons (Fsp3) is 0.316. The minimum atomic E-state index is 0.250. The van der Waals surface area contributed by atoms with Crippen LogP contribution in [0, 0.1) is 0 Å². The number of nitrogen functional groups attached to an aromatic ring is 1. The zero-order valence-electron chi connectivity index (χ0n) is 14.1. The van der Waals surface area contributed by atoms with Crippen LogP contribution in [0.1, 0.15) is 13.8 Å². The van der Waals surface area contributed by atoms with Crippen molar-refractivity contribution in [3.8, 4) is 11.3 Å². The molecule has 0 aliphatic carbocycles. The molecule has 2 aromatic carbocycles. The van der Waals surface area contributed by atoms with Gasteiger partial charge in [0.1, 0.15) is 0 Å². The first-order valence-corrected chi connectivity index (χ1v) is 10.2. The van der Waals surface area contributed by atoms with E-state index in [1.807, 2.05) is 6.07 Å². The summed E-state index contributed by atoms with van der Waals surface area (Å²) < 4.78 is 4.85. The third kappa shape index (κ3) is 2.44. The molecule has 0 amide bonds. The molecule has 2 N–H and O–H groups in total. The Balaban J connectivity index is 1.84. The number of fused-ring (bicyclic) bond motifs is 2. The van der Waals surface area contributed by atoms with Gasteiger partial charge in [0.05, 0.1) is 0 Å². The van der Waals surface area contributed by atoms with Gasteiger partial charge in [0.25, 0.3) is 0 Å². The molecule has 2 heterocycles. The summed E-state index contributed by atoms with van der Waals surface area (Å²) in [5.74, 6) is 0. The Morgan fingerprint density at radius 2 is 1.92 bits per heavy atom. The second-order valence-electron chi connectivity index (χ2n) is 6.07. The summed E-state index contributed by atoms with van der Waals surface area (Å²) >= 11 is 0.250. The Kier molecular flexibility index (Phi) is 4.09. The van der Waals surface area contributed by atoms with Crippen LogP contribution in [0.2, 0.25) is 0 Å². The number of aromatic nitrogens is 2. The van der Waals surface area contributed by atoms with Gasteiger partial charge >= 0.3 is 149 Å². The van der Waals surface area contributed by atoms with Crippen molar-refractivity contribution in [3.05, 3.63) is 36.4 Å². The summed E-state index contributed by atoms with van der Waals surface area (Å²) in [6.45, 7) is 8.51. The zero-order chi connectivity index (χ0) is 16.7. The third-order valence-electron chi connectivity index (χ3n) is 4.78. The summed E-state index contributed by atoms with van der Waals surface area (Å²) in [6, 6.07) is 12.8. The van der Waals surface area contributed by atoms with Crippen LogP contribution in [-0.2, 0) is 6.54 Å². The summed E-state index contributed by atoms with van der Waals surface area (Å²) in [5, 5.41) is 6.26. The molecule has 0 saturated heterocycles. The molecule has 0 fully saturated rings. The number of hydrogen-bond acceptors (Lipinski definition) is 3. The van der Waals surface area contributed by atoms with Crippen molar-refractivity contribution in [1.82, 2.24) is 14.7 Å². The van der Waals surface area contributed by atoms with Crippen molar-refractivity contribution < 1.29 is 0 Å². The predicted molar refractivity (Wildman–Crippen MR) is 102 cm³/mol. The number of benzene rings is 2. The second kappa shape index (κ2) is 6.24. The number of likely N-dealkylation sites (N-methyl/N-ethyl adjacent to an activating group) is 1. The van der Waals surface area contributed by atoms with Gasteiger partial charge in [-0.25, -0.2) is 0 Å². The molecule has 0 radical (unpaired) electrons. The third-order valence-corrected chi connectivity index (χ3v) is 7.34. The van der Waals surface area contributed by atoms with Crippen molar-refractivity contribution in [1.29, 1.82) is 0 Å². The van der Waals surface area contributed by atoms with Gasteiger partial charge in [0.15, 0.2) is 0 Å². The van der Waals surface area contributed by atoms with Crippen LogP contribution in [0.3, 0.4) is 0 Å².